The molecule has 0 aliphatic carbocycles. The average Bonchev–Trinajstić information content (AvgIpc) is 2.98. The third-order valence-electron chi connectivity index (χ3n) is 2.87. The molecule has 0 atom stereocenters. The molecule has 1 heterocycles. The van der Waals surface area contributed by atoms with Gasteiger partial charge in [-0.2, -0.15) is 5.26 Å². The Morgan fingerprint density at radius 2 is 2.24 bits per heavy atom. The molecule has 0 spiro atoms. The van der Waals surface area contributed by atoms with Crippen molar-refractivity contribution in [3.05, 3.63) is 58.2 Å². The summed E-state index contributed by atoms with van der Waals surface area (Å²) in [5.74, 6) is -0.235. The van der Waals surface area contributed by atoms with Crippen molar-refractivity contribution in [1.82, 2.24) is 4.90 Å². The minimum absolute atomic E-state index is 0.194. The number of rotatable bonds is 5. The Labute approximate surface area is 129 Å². The fourth-order valence-electron chi connectivity index (χ4n) is 1.86. The molecular formula is C15H12BrFN2O2. The van der Waals surface area contributed by atoms with E-state index >= 15 is 0 Å². The summed E-state index contributed by atoms with van der Waals surface area (Å²) in [7, 11) is 0. The molecule has 0 bridgehead atoms. The Morgan fingerprint density at radius 3 is 2.90 bits per heavy atom. The predicted molar refractivity (Wildman–Crippen MR) is 77.8 cm³/mol. The largest absolute Gasteiger partial charge is 0.467 e. The van der Waals surface area contributed by atoms with E-state index in [9.17, 15) is 9.18 Å². The van der Waals surface area contributed by atoms with Crippen molar-refractivity contribution in [1.29, 1.82) is 5.26 Å². The number of hydrogen-bond donors (Lipinski definition) is 0. The molecule has 1 amide bonds. The fraction of sp³-hybridized carbons (Fsp3) is 0.200. The fourth-order valence-corrected chi connectivity index (χ4v) is 2.28. The maximum absolute atomic E-state index is 13.3. The number of carbonyl (C=O) groups is 1. The molecule has 108 valence electrons. The lowest BCUT2D eigenvalue weighted by molar-refractivity contribution is 0.0734. The van der Waals surface area contributed by atoms with E-state index in [-0.39, 0.29) is 31.0 Å². The monoisotopic (exact) mass is 350 g/mol. The number of halogens is 2. The molecule has 1 aromatic heterocycles. The molecule has 0 aliphatic rings. The highest BCUT2D eigenvalue weighted by atomic mass is 79.9. The summed E-state index contributed by atoms with van der Waals surface area (Å²) in [6, 6.07) is 9.40. The van der Waals surface area contributed by atoms with E-state index in [4.69, 9.17) is 9.68 Å². The second-order valence-corrected chi connectivity index (χ2v) is 5.19. The minimum atomic E-state index is -0.486. The molecule has 4 nitrogen and oxygen atoms in total. The van der Waals surface area contributed by atoms with Crippen LogP contribution in [0.4, 0.5) is 4.39 Å². The number of carbonyl (C=O) groups excluding carboxylic acids is 1. The smallest absolute Gasteiger partial charge is 0.255 e. The van der Waals surface area contributed by atoms with Crippen molar-refractivity contribution in [2.75, 3.05) is 6.54 Å². The van der Waals surface area contributed by atoms with Crippen LogP contribution in [0.25, 0.3) is 0 Å². The van der Waals surface area contributed by atoms with E-state index in [0.29, 0.717) is 10.2 Å². The van der Waals surface area contributed by atoms with Gasteiger partial charge in [0.25, 0.3) is 5.91 Å². The second kappa shape index (κ2) is 7.04. The van der Waals surface area contributed by atoms with Gasteiger partial charge < -0.3 is 9.32 Å². The van der Waals surface area contributed by atoms with Crippen molar-refractivity contribution >= 4 is 21.8 Å². The summed E-state index contributed by atoms with van der Waals surface area (Å²) in [4.78, 5) is 14.0. The third-order valence-corrected chi connectivity index (χ3v) is 3.56. The van der Waals surface area contributed by atoms with Crippen LogP contribution < -0.4 is 0 Å². The van der Waals surface area contributed by atoms with E-state index in [1.807, 2.05) is 6.07 Å². The zero-order chi connectivity index (χ0) is 15.2. The van der Waals surface area contributed by atoms with Crippen LogP contribution >= 0.6 is 15.9 Å². The van der Waals surface area contributed by atoms with Gasteiger partial charge in [0, 0.05) is 11.0 Å². The van der Waals surface area contributed by atoms with Crippen LogP contribution in [-0.4, -0.2) is 17.4 Å². The predicted octanol–water partition coefficient (Wildman–Crippen LogP) is 3.74. The van der Waals surface area contributed by atoms with Crippen LogP contribution in [0.15, 0.2) is 45.5 Å². The van der Waals surface area contributed by atoms with E-state index in [2.05, 4.69) is 15.9 Å². The van der Waals surface area contributed by atoms with Crippen LogP contribution in [0, 0.1) is 17.1 Å². The highest BCUT2D eigenvalue weighted by molar-refractivity contribution is 9.10. The standard InChI is InChI=1S/C15H12BrFN2O2/c16-14-5-4-11(17)9-13(14)15(20)19(7-2-6-18)10-12-3-1-8-21-12/h1,3-5,8-9H,2,7,10H2. The number of nitriles is 1. The number of nitrogens with zero attached hydrogens (tertiary/aromatic N) is 2. The highest BCUT2D eigenvalue weighted by Gasteiger charge is 2.20. The molecule has 0 fully saturated rings. The summed E-state index contributed by atoms with van der Waals surface area (Å²) in [5, 5.41) is 8.71. The Bertz CT molecular complexity index is 665. The first-order chi connectivity index (χ1) is 10.1. The molecule has 1 aromatic carbocycles. The molecule has 0 unspecified atom stereocenters. The molecule has 2 aromatic rings. The van der Waals surface area contributed by atoms with E-state index in [0.717, 1.165) is 0 Å². The lowest BCUT2D eigenvalue weighted by atomic mass is 10.2. The SMILES string of the molecule is N#CCCN(Cc1ccco1)C(=O)c1cc(F)ccc1Br. The van der Waals surface area contributed by atoms with Gasteiger partial charge in [0.15, 0.2) is 0 Å². The minimum Gasteiger partial charge on any atom is -0.467 e. The second-order valence-electron chi connectivity index (χ2n) is 4.34. The highest BCUT2D eigenvalue weighted by Crippen LogP contribution is 2.21. The van der Waals surface area contributed by atoms with Crippen LogP contribution in [0.2, 0.25) is 0 Å². The summed E-state index contributed by atoms with van der Waals surface area (Å²) >= 11 is 3.24. The van der Waals surface area contributed by atoms with Crippen molar-refractivity contribution in [2.24, 2.45) is 0 Å². The Kier molecular flexibility index (Phi) is 5.12. The van der Waals surface area contributed by atoms with Gasteiger partial charge in [-0.05, 0) is 46.3 Å². The van der Waals surface area contributed by atoms with Crippen LogP contribution in [-0.2, 0) is 6.54 Å². The maximum atomic E-state index is 13.3. The number of benzene rings is 1. The van der Waals surface area contributed by atoms with Gasteiger partial charge in [-0.25, -0.2) is 4.39 Å². The van der Waals surface area contributed by atoms with Gasteiger partial charge in [-0.15, -0.1) is 0 Å². The number of amides is 1. The third kappa shape index (κ3) is 3.92. The van der Waals surface area contributed by atoms with Gasteiger partial charge in [0.05, 0.1) is 30.9 Å². The molecule has 0 radical (unpaired) electrons. The normalized spacial score (nSPS) is 10.1. The van der Waals surface area contributed by atoms with Crippen molar-refractivity contribution in [3.8, 4) is 6.07 Å². The summed E-state index contributed by atoms with van der Waals surface area (Å²) in [6.45, 7) is 0.482. The Hall–Kier alpha value is -2.13. The Balaban J connectivity index is 2.24. The lowest BCUT2D eigenvalue weighted by Crippen LogP contribution is -2.31. The molecular weight excluding hydrogens is 339 g/mol. The zero-order valence-corrected chi connectivity index (χ0v) is 12.6. The Morgan fingerprint density at radius 1 is 1.43 bits per heavy atom. The molecule has 0 aliphatic heterocycles. The molecule has 0 saturated carbocycles. The molecule has 6 heteroatoms. The average molecular weight is 351 g/mol. The van der Waals surface area contributed by atoms with Gasteiger partial charge in [0.2, 0.25) is 0 Å². The summed E-state index contributed by atoms with van der Waals surface area (Å²) in [5.41, 5.74) is 0.222. The van der Waals surface area contributed by atoms with Gasteiger partial charge in [-0.1, -0.05) is 0 Å². The van der Waals surface area contributed by atoms with Crippen molar-refractivity contribution in [2.45, 2.75) is 13.0 Å². The van der Waals surface area contributed by atoms with Crippen LogP contribution in [0.5, 0.6) is 0 Å². The number of furan rings is 1. The number of hydrogen-bond acceptors (Lipinski definition) is 3. The van der Waals surface area contributed by atoms with Crippen LogP contribution in [0.3, 0.4) is 0 Å². The van der Waals surface area contributed by atoms with Crippen molar-refractivity contribution in [3.63, 3.8) is 0 Å². The topological polar surface area (TPSA) is 57.2 Å². The lowest BCUT2D eigenvalue weighted by Gasteiger charge is -2.21. The van der Waals surface area contributed by atoms with E-state index < -0.39 is 5.82 Å². The van der Waals surface area contributed by atoms with Gasteiger partial charge in [0.1, 0.15) is 11.6 Å². The van der Waals surface area contributed by atoms with Gasteiger partial charge in [-0.3, -0.25) is 4.79 Å². The first-order valence-corrected chi connectivity index (χ1v) is 7.05. The van der Waals surface area contributed by atoms with E-state index in [1.54, 1.807) is 12.1 Å². The summed E-state index contributed by atoms with van der Waals surface area (Å²) in [6.07, 6.45) is 1.71. The van der Waals surface area contributed by atoms with Crippen LogP contribution in [0.1, 0.15) is 22.5 Å². The molecule has 0 saturated heterocycles. The molecule has 2 rings (SSSR count). The first kappa shape index (κ1) is 15.3. The molecule has 0 N–H and O–H groups in total. The quantitative estimate of drug-likeness (QED) is 0.825. The van der Waals surface area contributed by atoms with Crippen molar-refractivity contribution < 1.29 is 13.6 Å². The maximum Gasteiger partial charge on any atom is 0.255 e. The van der Waals surface area contributed by atoms with E-state index in [1.165, 1.54) is 29.4 Å². The first-order valence-electron chi connectivity index (χ1n) is 6.25. The zero-order valence-electron chi connectivity index (χ0n) is 11.1. The van der Waals surface area contributed by atoms with Gasteiger partial charge >= 0.3 is 0 Å². The molecule has 21 heavy (non-hydrogen) atoms. The summed E-state index contributed by atoms with van der Waals surface area (Å²) < 4.78 is 19.1.